The van der Waals surface area contributed by atoms with E-state index in [1.54, 1.807) is 0 Å². The van der Waals surface area contributed by atoms with Gasteiger partial charge in [0.1, 0.15) is 0 Å². The quantitative estimate of drug-likeness (QED) is 0.297. The van der Waals surface area contributed by atoms with E-state index in [2.05, 4.69) is 99.4 Å². The number of hydrogen-bond donors (Lipinski definition) is 1. The highest BCUT2D eigenvalue weighted by atomic mass is 16.1. The van der Waals surface area contributed by atoms with Crippen molar-refractivity contribution in [3.8, 4) is 0 Å². The standard InChI is InChI=1S/C30H38N6O/c1-4-10-28(29-32-33-34-36(29)26-13-8-9-14-26)35(16-15-23-11-6-5-7-12-23)20-25-19-24-17-21(2)22(3)18-27(24)31-30(25)37/h5-7,11-12,17-19,26,28H,4,8-10,13-16,20H2,1-3H3,(H,31,37)/t28-/m0/s1. The van der Waals surface area contributed by atoms with Crippen LogP contribution in [0.25, 0.3) is 10.9 Å². The number of H-pyrrole nitrogens is 1. The van der Waals surface area contributed by atoms with Gasteiger partial charge >= 0.3 is 0 Å². The minimum atomic E-state index is -0.0221. The number of tetrazole rings is 1. The molecule has 0 spiro atoms. The number of aryl methyl sites for hydroxylation is 2. The monoisotopic (exact) mass is 498 g/mol. The van der Waals surface area contributed by atoms with Crippen LogP contribution in [0.2, 0.25) is 0 Å². The van der Waals surface area contributed by atoms with Gasteiger partial charge in [-0.25, -0.2) is 4.68 Å². The number of aromatic nitrogens is 5. The Balaban J connectivity index is 1.51. The van der Waals surface area contributed by atoms with Gasteiger partial charge in [-0.15, -0.1) is 5.10 Å². The van der Waals surface area contributed by atoms with Crippen LogP contribution in [0.3, 0.4) is 0 Å². The predicted octanol–water partition coefficient (Wildman–Crippen LogP) is 5.83. The molecular formula is C30H38N6O. The zero-order chi connectivity index (χ0) is 25.8. The molecule has 1 fully saturated rings. The summed E-state index contributed by atoms with van der Waals surface area (Å²) in [7, 11) is 0. The van der Waals surface area contributed by atoms with Gasteiger partial charge in [-0.05, 0) is 90.2 Å². The van der Waals surface area contributed by atoms with Crippen molar-refractivity contribution in [3.05, 3.63) is 87.0 Å². The Bertz CT molecular complexity index is 1390. The molecule has 7 heteroatoms. The van der Waals surface area contributed by atoms with E-state index in [1.807, 2.05) is 0 Å². The normalized spacial score (nSPS) is 15.1. The van der Waals surface area contributed by atoms with E-state index in [9.17, 15) is 4.79 Å². The van der Waals surface area contributed by atoms with Crippen LogP contribution >= 0.6 is 0 Å². The molecule has 1 N–H and O–H groups in total. The third-order valence-corrected chi connectivity index (χ3v) is 7.93. The highest BCUT2D eigenvalue weighted by Gasteiger charge is 2.30. The lowest BCUT2D eigenvalue weighted by molar-refractivity contribution is 0.163. The predicted molar refractivity (Wildman–Crippen MR) is 148 cm³/mol. The summed E-state index contributed by atoms with van der Waals surface area (Å²) in [6, 6.07) is 17.3. The fourth-order valence-electron chi connectivity index (χ4n) is 5.70. The first-order valence-corrected chi connectivity index (χ1v) is 13.7. The van der Waals surface area contributed by atoms with Crippen molar-refractivity contribution in [3.63, 3.8) is 0 Å². The second kappa shape index (κ2) is 11.4. The van der Waals surface area contributed by atoms with Crippen molar-refractivity contribution in [2.45, 2.75) is 84.3 Å². The molecule has 0 radical (unpaired) electrons. The summed E-state index contributed by atoms with van der Waals surface area (Å²) < 4.78 is 2.08. The van der Waals surface area contributed by atoms with Crippen LogP contribution < -0.4 is 5.56 Å². The molecule has 0 amide bonds. The molecule has 2 aromatic carbocycles. The largest absolute Gasteiger partial charge is 0.322 e. The molecule has 1 saturated carbocycles. The SMILES string of the molecule is CCC[C@@H](c1nnnn1C1CCCC1)N(CCc1ccccc1)Cc1cc2cc(C)c(C)cc2[nH]c1=O. The van der Waals surface area contributed by atoms with Crippen LogP contribution in [0.5, 0.6) is 0 Å². The molecule has 2 aromatic heterocycles. The zero-order valence-electron chi connectivity index (χ0n) is 22.3. The number of nitrogens with zero attached hydrogens (tertiary/aromatic N) is 5. The highest BCUT2D eigenvalue weighted by molar-refractivity contribution is 5.80. The molecule has 0 bridgehead atoms. The van der Waals surface area contributed by atoms with E-state index >= 15 is 0 Å². The summed E-state index contributed by atoms with van der Waals surface area (Å²) in [5.41, 5.74) is 5.35. The van der Waals surface area contributed by atoms with Gasteiger partial charge < -0.3 is 4.98 Å². The molecule has 0 saturated heterocycles. The Hall–Kier alpha value is -3.32. The van der Waals surface area contributed by atoms with Gasteiger partial charge in [0.05, 0.1) is 12.1 Å². The molecule has 1 atom stereocenters. The lowest BCUT2D eigenvalue weighted by Gasteiger charge is -2.31. The van der Waals surface area contributed by atoms with E-state index in [1.165, 1.54) is 29.5 Å². The molecule has 37 heavy (non-hydrogen) atoms. The minimum Gasteiger partial charge on any atom is -0.322 e. The van der Waals surface area contributed by atoms with Crippen LogP contribution in [0, 0.1) is 13.8 Å². The molecule has 1 aliphatic carbocycles. The van der Waals surface area contributed by atoms with Gasteiger partial charge in [0, 0.05) is 24.2 Å². The smallest absolute Gasteiger partial charge is 0.252 e. The van der Waals surface area contributed by atoms with Gasteiger partial charge in [0.15, 0.2) is 5.82 Å². The maximum Gasteiger partial charge on any atom is 0.252 e. The van der Waals surface area contributed by atoms with E-state index in [4.69, 9.17) is 0 Å². The first-order valence-electron chi connectivity index (χ1n) is 13.7. The molecule has 0 unspecified atom stereocenters. The number of benzene rings is 2. The summed E-state index contributed by atoms with van der Waals surface area (Å²) in [5.74, 6) is 0.936. The first kappa shape index (κ1) is 25.3. The van der Waals surface area contributed by atoms with Crippen molar-refractivity contribution < 1.29 is 0 Å². The summed E-state index contributed by atoms with van der Waals surface area (Å²) in [4.78, 5) is 18.8. The highest BCUT2D eigenvalue weighted by Crippen LogP contribution is 2.33. The van der Waals surface area contributed by atoms with Gasteiger partial charge in [-0.2, -0.15) is 0 Å². The molecule has 0 aliphatic heterocycles. The third-order valence-electron chi connectivity index (χ3n) is 7.93. The fraction of sp³-hybridized carbons (Fsp3) is 0.467. The molecule has 1 aliphatic rings. The maximum atomic E-state index is 13.3. The van der Waals surface area contributed by atoms with Gasteiger partial charge in [0.25, 0.3) is 5.56 Å². The van der Waals surface area contributed by atoms with Crippen LogP contribution in [0.15, 0.2) is 53.3 Å². The Morgan fingerprint density at radius 1 is 1.08 bits per heavy atom. The number of pyridine rings is 1. The number of aromatic amines is 1. The number of rotatable bonds is 10. The van der Waals surface area contributed by atoms with Gasteiger partial charge in [-0.3, -0.25) is 9.69 Å². The molecule has 194 valence electrons. The van der Waals surface area contributed by atoms with Crippen LogP contribution in [0.1, 0.15) is 85.6 Å². The molecule has 5 rings (SSSR count). The Labute approximate surface area is 218 Å². The van der Waals surface area contributed by atoms with Gasteiger partial charge in [0.2, 0.25) is 0 Å². The van der Waals surface area contributed by atoms with Crippen molar-refractivity contribution in [1.29, 1.82) is 0 Å². The van der Waals surface area contributed by atoms with Crippen LogP contribution in [-0.4, -0.2) is 36.6 Å². The minimum absolute atomic E-state index is 0.0221. The summed E-state index contributed by atoms with van der Waals surface area (Å²) in [5, 5.41) is 14.2. The van der Waals surface area contributed by atoms with Gasteiger partial charge in [-0.1, -0.05) is 56.5 Å². The van der Waals surface area contributed by atoms with Crippen LogP contribution in [-0.2, 0) is 13.0 Å². The van der Waals surface area contributed by atoms with E-state index in [0.29, 0.717) is 12.6 Å². The van der Waals surface area contributed by atoms with Crippen LogP contribution in [0.4, 0.5) is 0 Å². The van der Waals surface area contributed by atoms with Crippen molar-refractivity contribution in [2.24, 2.45) is 0 Å². The second-order valence-electron chi connectivity index (χ2n) is 10.6. The Morgan fingerprint density at radius 3 is 2.59 bits per heavy atom. The summed E-state index contributed by atoms with van der Waals surface area (Å²) in [6.07, 6.45) is 7.56. The Kier molecular flexibility index (Phi) is 7.79. The zero-order valence-corrected chi connectivity index (χ0v) is 22.3. The maximum absolute atomic E-state index is 13.3. The average Bonchev–Trinajstić information content (AvgIpc) is 3.60. The van der Waals surface area contributed by atoms with Crippen molar-refractivity contribution in [1.82, 2.24) is 30.1 Å². The Morgan fingerprint density at radius 2 is 1.84 bits per heavy atom. The molecule has 7 nitrogen and oxygen atoms in total. The molecule has 4 aromatic rings. The summed E-state index contributed by atoms with van der Waals surface area (Å²) in [6.45, 7) is 7.77. The lowest BCUT2D eigenvalue weighted by Crippen LogP contribution is -2.35. The fourth-order valence-corrected chi connectivity index (χ4v) is 5.70. The average molecular weight is 499 g/mol. The second-order valence-corrected chi connectivity index (χ2v) is 10.6. The first-order chi connectivity index (χ1) is 18.0. The summed E-state index contributed by atoms with van der Waals surface area (Å²) >= 11 is 0. The van der Waals surface area contributed by atoms with E-state index < -0.39 is 0 Å². The number of hydrogen-bond acceptors (Lipinski definition) is 5. The third kappa shape index (κ3) is 5.67. The lowest BCUT2D eigenvalue weighted by atomic mass is 10.0. The van der Waals surface area contributed by atoms with E-state index in [-0.39, 0.29) is 11.6 Å². The number of nitrogens with one attached hydrogen (secondary N) is 1. The molecule has 2 heterocycles. The number of fused-ring (bicyclic) bond motifs is 1. The molecular weight excluding hydrogens is 460 g/mol. The van der Waals surface area contributed by atoms with Crippen molar-refractivity contribution in [2.75, 3.05) is 6.54 Å². The van der Waals surface area contributed by atoms with E-state index in [0.717, 1.165) is 60.9 Å². The van der Waals surface area contributed by atoms with Crippen molar-refractivity contribution >= 4 is 10.9 Å². The topological polar surface area (TPSA) is 79.7 Å².